The molecule has 1 aliphatic carbocycles. The average molecular weight is 357 g/mol. The number of likely N-dealkylation sites (tertiary alicyclic amines) is 1. The molecule has 1 heterocycles. The van der Waals surface area contributed by atoms with Crippen LogP contribution in [0.5, 0.6) is 0 Å². The number of nitrogens with two attached hydrogens (primary N) is 1. The minimum absolute atomic E-state index is 0. The number of hydrogen-bond donors (Lipinski definition) is 1. The maximum absolute atomic E-state index is 13.3. The number of nitrogens with zero attached hydrogens (tertiary/aromatic N) is 1. The summed E-state index contributed by atoms with van der Waals surface area (Å²) < 4.78 is 0. The number of amides is 1. The van der Waals surface area contributed by atoms with Crippen LogP contribution in [-0.4, -0.2) is 30.4 Å². The summed E-state index contributed by atoms with van der Waals surface area (Å²) in [5, 5.41) is 0. The Morgan fingerprint density at radius 1 is 1.00 bits per heavy atom. The van der Waals surface area contributed by atoms with Gasteiger partial charge in [0.2, 0.25) is 5.91 Å². The van der Waals surface area contributed by atoms with Gasteiger partial charge >= 0.3 is 0 Å². The summed E-state index contributed by atoms with van der Waals surface area (Å²) >= 11 is 0. The van der Waals surface area contributed by atoms with E-state index in [0.29, 0.717) is 24.3 Å². The van der Waals surface area contributed by atoms with Gasteiger partial charge in [-0.05, 0) is 36.4 Å². The maximum Gasteiger partial charge on any atom is 0.233 e. The zero-order chi connectivity index (χ0) is 16.6. The quantitative estimate of drug-likeness (QED) is 0.913. The van der Waals surface area contributed by atoms with Crippen LogP contribution in [0.25, 0.3) is 0 Å². The van der Waals surface area contributed by atoms with Crippen LogP contribution in [0.15, 0.2) is 60.7 Å². The van der Waals surface area contributed by atoms with E-state index in [1.807, 2.05) is 24.3 Å². The van der Waals surface area contributed by atoms with Gasteiger partial charge in [0.25, 0.3) is 0 Å². The largest absolute Gasteiger partial charge is 0.341 e. The van der Waals surface area contributed by atoms with Crippen molar-refractivity contribution in [3.05, 3.63) is 71.8 Å². The van der Waals surface area contributed by atoms with Gasteiger partial charge in [0.15, 0.2) is 0 Å². The third kappa shape index (κ3) is 3.19. The number of rotatable bonds is 4. The Hall–Kier alpha value is -1.84. The van der Waals surface area contributed by atoms with Crippen molar-refractivity contribution in [3.8, 4) is 0 Å². The highest BCUT2D eigenvalue weighted by Gasteiger charge is 2.54. The van der Waals surface area contributed by atoms with Gasteiger partial charge in [-0.15, -0.1) is 12.4 Å². The summed E-state index contributed by atoms with van der Waals surface area (Å²) in [5.74, 6) is 1.00. The van der Waals surface area contributed by atoms with Gasteiger partial charge in [-0.25, -0.2) is 0 Å². The average Bonchev–Trinajstić information content (AvgIpc) is 3.35. The number of halogens is 1. The number of benzene rings is 2. The van der Waals surface area contributed by atoms with Crippen LogP contribution >= 0.6 is 12.4 Å². The predicted octanol–water partition coefficient (Wildman–Crippen LogP) is 3.34. The molecule has 0 bridgehead atoms. The van der Waals surface area contributed by atoms with Crippen LogP contribution in [-0.2, 0) is 10.2 Å². The molecule has 1 saturated carbocycles. The van der Waals surface area contributed by atoms with Crippen molar-refractivity contribution in [2.24, 2.45) is 11.7 Å². The van der Waals surface area contributed by atoms with Crippen molar-refractivity contribution in [3.63, 3.8) is 0 Å². The lowest BCUT2D eigenvalue weighted by Gasteiger charge is -2.23. The SMILES string of the molecule is Cl.NC[C@@H]1CN(C(=O)C2(c3ccccc3)CC2)C[C@H]1c1ccccc1. The maximum atomic E-state index is 13.3. The first kappa shape index (κ1) is 18.0. The van der Waals surface area contributed by atoms with Gasteiger partial charge in [-0.3, -0.25) is 4.79 Å². The molecule has 1 aliphatic heterocycles. The highest BCUT2D eigenvalue weighted by molar-refractivity contribution is 5.91. The van der Waals surface area contributed by atoms with Crippen LogP contribution in [0.4, 0.5) is 0 Å². The van der Waals surface area contributed by atoms with E-state index in [2.05, 4.69) is 41.3 Å². The first-order valence-corrected chi connectivity index (χ1v) is 8.84. The van der Waals surface area contributed by atoms with Crippen molar-refractivity contribution < 1.29 is 4.79 Å². The summed E-state index contributed by atoms with van der Waals surface area (Å²) in [5.41, 5.74) is 8.22. The topological polar surface area (TPSA) is 46.3 Å². The minimum Gasteiger partial charge on any atom is -0.341 e. The highest BCUT2D eigenvalue weighted by atomic mass is 35.5. The third-order valence-corrected chi connectivity index (χ3v) is 5.74. The Bertz CT molecular complexity index is 715. The van der Waals surface area contributed by atoms with E-state index < -0.39 is 0 Å². The van der Waals surface area contributed by atoms with Crippen molar-refractivity contribution >= 4 is 18.3 Å². The van der Waals surface area contributed by atoms with Gasteiger partial charge in [0.05, 0.1) is 5.41 Å². The lowest BCUT2D eigenvalue weighted by atomic mass is 9.89. The zero-order valence-electron chi connectivity index (χ0n) is 14.3. The normalized spacial score (nSPS) is 23.8. The summed E-state index contributed by atoms with van der Waals surface area (Å²) in [6.45, 7) is 2.20. The molecule has 1 saturated heterocycles. The van der Waals surface area contributed by atoms with Gasteiger partial charge in [0, 0.05) is 19.0 Å². The van der Waals surface area contributed by atoms with Crippen LogP contribution in [0.3, 0.4) is 0 Å². The molecule has 132 valence electrons. The summed E-state index contributed by atoms with van der Waals surface area (Å²) in [4.78, 5) is 15.3. The molecule has 2 N–H and O–H groups in total. The van der Waals surface area contributed by atoms with E-state index in [0.717, 1.165) is 25.9 Å². The highest BCUT2D eigenvalue weighted by Crippen LogP contribution is 2.50. The minimum atomic E-state index is -0.272. The smallest absolute Gasteiger partial charge is 0.233 e. The molecular weight excluding hydrogens is 332 g/mol. The second-order valence-corrected chi connectivity index (χ2v) is 7.17. The third-order valence-electron chi connectivity index (χ3n) is 5.74. The van der Waals surface area contributed by atoms with E-state index in [1.54, 1.807) is 0 Å². The molecule has 0 radical (unpaired) electrons. The zero-order valence-corrected chi connectivity index (χ0v) is 15.1. The number of carbonyl (C=O) groups excluding carboxylic acids is 1. The van der Waals surface area contributed by atoms with Crippen LogP contribution < -0.4 is 5.73 Å². The fraction of sp³-hybridized carbons (Fsp3) is 0.381. The molecule has 1 amide bonds. The van der Waals surface area contributed by atoms with Crippen molar-refractivity contribution in [2.75, 3.05) is 19.6 Å². The lowest BCUT2D eigenvalue weighted by Crippen LogP contribution is -2.38. The van der Waals surface area contributed by atoms with E-state index in [1.165, 1.54) is 11.1 Å². The van der Waals surface area contributed by atoms with Gasteiger partial charge in [-0.1, -0.05) is 60.7 Å². The number of hydrogen-bond acceptors (Lipinski definition) is 2. The standard InChI is InChI=1S/C21H24N2O.ClH/c22-13-17-14-23(15-19(17)16-7-3-1-4-8-16)20(24)21(11-12-21)18-9-5-2-6-10-18;/h1-10,17,19H,11-15,22H2;1H/t17-,19+;/m1./s1. The second kappa shape index (κ2) is 7.19. The molecule has 2 aromatic carbocycles. The first-order valence-electron chi connectivity index (χ1n) is 8.84. The molecule has 2 atom stereocenters. The monoisotopic (exact) mass is 356 g/mol. The molecule has 4 heteroatoms. The van der Waals surface area contributed by atoms with Crippen molar-refractivity contribution in [1.82, 2.24) is 4.90 Å². The Labute approximate surface area is 155 Å². The molecule has 2 fully saturated rings. The Morgan fingerprint density at radius 3 is 2.16 bits per heavy atom. The summed E-state index contributed by atoms with van der Waals surface area (Å²) in [6, 6.07) is 20.7. The molecule has 4 rings (SSSR count). The van der Waals surface area contributed by atoms with Gasteiger partial charge in [0.1, 0.15) is 0 Å². The first-order chi connectivity index (χ1) is 11.7. The Kier molecular flexibility index (Phi) is 5.16. The fourth-order valence-corrected chi connectivity index (χ4v) is 4.16. The van der Waals surface area contributed by atoms with E-state index >= 15 is 0 Å². The molecular formula is C21H25ClN2O. The van der Waals surface area contributed by atoms with Crippen molar-refractivity contribution in [1.29, 1.82) is 0 Å². The van der Waals surface area contributed by atoms with Gasteiger partial charge in [-0.2, -0.15) is 0 Å². The molecule has 3 nitrogen and oxygen atoms in total. The van der Waals surface area contributed by atoms with E-state index in [9.17, 15) is 4.79 Å². The molecule has 0 spiro atoms. The second-order valence-electron chi connectivity index (χ2n) is 7.17. The van der Waals surface area contributed by atoms with Crippen molar-refractivity contribution in [2.45, 2.75) is 24.2 Å². The molecule has 2 aliphatic rings. The summed E-state index contributed by atoms with van der Waals surface area (Å²) in [7, 11) is 0. The van der Waals surface area contributed by atoms with Crippen LogP contribution in [0.2, 0.25) is 0 Å². The van der Waals surface area contributed by atoms with E-state index in [-0.39, 0.29) is 17.8 Å². The van der Waals surface area contributed by atoms with Gasteiger partial charge < -0.3 is 10.6 Å². The molecule has 0 aromatic heterocycles. The molecule has 0 unspecified atom stereocenters. The van der Waals surface area contributed by atoms with Crippen LogP contribution in [0, 0.1) is 5.92 Å². The Balaban J connectivity index is 0.00000182. The Morgan fingerprint density at radius 2 is 1.60 bits per heavy atom. The lowest BCUT2D eigenvalue weighted by molar-refractivity contribution is -0.133. The van der Waals surface area contributed by atoms with E-state index in [4.69, 9.17) is 5.73 Å². The fourth-order valence-electron chi connectivity index (χ4n) is 4.16. The molecule has 2 aromatic rings. The van der Waals surface area contributed by atoms with Crippen LogP contribution in [0.1, 0.15) is 29.9 Å². The predicted molar refractivity (Wildman–Crippen MR) is 103 cm³/mol. The number of carbonyl (C=O) groups is 1. The summed E-state index contributed by atoms with van der Waals surface area (Å²) in [6.07, 6.45) is 1.94. The molecule has 25 heavy (non-hydrogen) atoms.